The summed E-state index contributed by atoms with van der Waals surface area (Å²) in [6, 6.07) is -1.28. The number of aliphatic carboxylic acids is 1. The molecule has 1 rings (SSSR count). The van der Waals surface area contributed by atoms with Crippen LogP contribution >= 0.6 is 0 Å². The van der Waals surface area contributed by atoms with Crippen molar-refractivity contribution in [3.63, 3.8) is 0 Å². The molecule has 0 fully saturated rings. The molecule has 60 valence electrons. The average Bonchev–Trinajstić information content (AvgIpc) is 2.34. The molecule has 0 saturated carbocycles. The Morgan fingerprint density at radius 1 is 1.82 bits per heavy atom. The molecule has 0 amide bonds. The van der Waals surface area contributed by atoms with E-state index in [1.165, 1.54) is 0 Å². The summed E-state index contributed by atoms with van der Waals surface area (Å²) in [7, 11) is 0. The van der Waals surface area contributed by atoms with Crippen LogP contribution in [0, 0.1) is 0 Å². The summed E-state index contributed by atoms with van der Waals surface area (Å²) in [6.07, 6.45) is 1.13. The SMILES string of the molecule is N[C@H](C(=O)O)c1c[nH]c(=O)o1. The van der Waals surface area contributed by atoms with Gasteiger partial charge in [0, 0.05) is 6.20 Å². The van der Waals surface area contributed by atoms with E-state index in [2.05, 4.69) is 9.40 Å². The van der Waals surface area contributed by atoms with Crippen molar-refractivity contribution in [3.05, 3.63) is 22.5 Å². The summed E-state index contributed by atoms with van der Waals surface area (Å²) in [4.78, 5) is 22.7. The highest BCUT2D eigenvalue weighted by Gasteiger charge is 2.17. The molecule has 1 atom stereocenters. The minimum atomic E-state index is -1.28. The summed E-state index contributed by atoms with van der Waals surface area (Å²) in [5.74, 6) is -2.04. The lowest BCUT2D eigenvalue weighted by Gasteiger charge is -1.98. The average molecular weight is 158 g/mol. The third kappa shape index (κ3) is 1.47. The number of carboxylic acid groups (broad SMARTS) is 1. The van der Waals surface area contributed by atoms with Gasteiger partial charge in [-0.25, -0.2) is 4.79 Å². The first-order valence-corrected chi connectivity index (χ1v) is 2.78. The van der Waals surface area contributed by atoms with Crippen molar-refractivity contribution >= 4 is 5.97 Å². The topological polar surface area (TPSA) is 109 Å². The van der Waals surface area contributed by atoms with Crippen molar-refractivity contribution in [2.45, 2.75) is 6.04 Å². The van der Waals surface area contributed by atoms with Crippen LogP contribution in [0.25, 0.3) is 0 Å². The van der Waals surface area contributed by atoms with Crippen molar-refractivity contribution in [1.29, 1.82) is 0 Å². The number of carboxylic acids is 1. The van der Waals surface area contributed by atoms with Gasteiger partial charge in [0.15, 0.2) is 11.8 Å². The Kier molecular flexibility index (Phi) is 1.77. The van der Waals surface area contributed by atoms with Gasteiger partial charge in [0.05, 0.1) is 0 Å². The van der Waals surface area contributed by atoms with Crippen molar-refractivity contribution in [3.8, 4) is 0 Å². The van der Waals surface area contributed by atoms with Gasteiger partial charge in [0.1, 0.15) is 0 Å². The number of aromatic amines is 1. The lowest BCUT2D eigenvalue weighted by molar-refractivity contribution is -0.139. The Hall–Kier alpha value is -1.56. The Morgan fingerprint density at radius 3 is 2.82 bits per heavy atom. The second kappa shape index (κ2) is 2.59. The van der Waals surface area contributed by atoms with Gasteiger partial charge in [0.25, 0.3) is 0 Å². The maximum Gasteiger partial charge on any atom is 0.416 e. The van der Waals surface area contributed by atoms with E-state index in [4.69, 9.17) is 10.8 Å². The fourth-order valence-electron chi connectivity index (χ4n) is 0.571. The lowest BCUT2D eigenvalue weighted by Crippen LogP contribution is -2.20. The number of aromatic nitrogens is 1. The molecule has 0 aliphatic heterocycles. The van der Waals surface area contributed by atoms with Crippen LogP contribution in [0.15, 0.2) is 15.4 Å². The Labute approximate surface area is 60.6 Å². The normalized spacial score (nSPS) is 12.8. The number of hydrogen-bond acceptors (Lipinski definition) is 4. The molecule has 0 spiro atoms. The van der Waals surface area contributed by atoms with E-state index in [1.807, 2.05) is 0 Å². The first-order valence-electron chi connectivity index (χ1n) is 2.78. The van der Waals surface area contributed by atoms with Crippen LogP contribution in [0.1, 0.15) is 11.8 Å². The maximum atomic E-state index is 10.3. The molecule has 6 heteroatoms. The highest BCUT2D eigenvalue weighted by atomic mass is 16.4. The third-order valence-corrected chi connectivity index (χ3v) is 1.12. The molecule has 0 aliphatic rings. The van der Waals surface area contributed by atoms with Crippen LogP contribution in [0.5, 0.6) is 0 Å². The number of carbonyl (C=O) groups is 1. The molecule has 1 heterocycles. The molecule has 0 radical (unpaired) electrons. The molecular formula is C5H6N2O4. The molecule has 6 nitrogen and oxygen atoms in total. The van der Waals surface area contributed by atoms with Crippen LogP contribution < -0.4 is 11.5 Å². The van der Waals surface area contributed by atoms with E-state index in [0.29, 0.717) is 0 Å². The molecule has 0 bridgehead atoms. The van der Waals surface area contributed by atoms with Crippen molar-refractivity contribution in [2.24, 2.45) is 5.73 Å². The van der Waals surface area contributed by atoms with Crippen molar-refractivity contribution in [1.82, 2.24) is 4.98 Å². The summed E-state index contributed by atoms with van der Waals surface area (Å²) >= 11 is 0. The highest BCUT2D eigenvalue weighted by Crippen LogP contribution is 2.05. The fraction of sp³-hybridized carbons (Fsp3) is 0.200. The molecule has 1 aromatic heterocycles. The number of nitrogens with two attached hydrogens (primary N) is 1. The van der Waals surface area contributed by atoms with Gasteiger partial charge >= 0.3 is 11.7 Å². The van der Waals surface area contributed by atoms with E-state index in [9.17, 15) is 9.59 Å². The van der Waals surface area contributed by atoms with Gasteiger partial charge in [-0.05, 0) is 0 Å². The van der Waals surface area contributed by atoms with E-state index in [1.54, 1.807) is 0 Å². The van der Waals surface area contributed by atoms with E-state index in [-0.39, 0.29) is 5.76 Å². The van der Waals surface area contributed by atoms with Crippen molar-refractivity contribution < 1.29 is 14.3 Å². The number of rotatable bonds is 2. The van der Waals surface area contributed by atoms with Crippen LogP contribution in [0.4, 0.5) is 0 Å². The first kappa shape index (κ1) is 7.55. The second-order valence-electron chi connectivity index (χ2n) is 1.90. The summed E-state index contributed by atoms with van der Waals surface area (Å²) in [5.41, 5.74) is 5.10. The lowest BCUT2D eigenvalue weighted by atomic mass is 10.3. The molecule has 0 aliphatic carbocycles. The predicted octanol–water partition coefficient (Wildman–Crippen LogP) is -0.948. The number of oxazole rings is 1. The Balaban J connectivity index is 2.93. The van der Waals surface area contributed by atoms with E-state index >= 15 is 0 Å². The molecular weight excluding hydrogens is 152 g/mol. The van der Waals surface area contributed by atoms with E-state index in [0.717, 1.165) is 6.20 Å². The quantitative estimate of drug-likeness (QED) is 0.514. The van der Waals surface area contributed by atoms with Gasteiger partial charge in [-0.1, -0.05) is 0 Å². The molecule has 0 aromatic carbocycles. The third-order valence-electron chi connectivity index (χ3n) is 1.12. The maximum absolute atomic E-state index is 10.3. The first-order chi connectivity index (χ1) is 5.11. The Bertz CT molecular complexity index is 312. The largest absolute Gasteiger partial charge is 0.480 e. The Morgan fingerprint density at radius 2 is 2.45 bits per heavy atom. The smallest absolute Gasteiger partial charge is 0.416 e. The fourth-order valence-corrected chi connectivity index (χ4v) is 0.571. The van der Waals surface area contributed by atoms with Gasteiger partial charge < -0.3 is 15.3 Å². The monoisotopic (exact) mass is 158 g/mol. The zero-order valence-electron chi connectivity index (χ0n) is 5.40. The number of H-pyrrole nitrogens is 1. The molecule has 4 N–H and O–H groups in total. The van der Waals surface area contributed by atoms with Gasteiger partial charge in [-0.15, -0.1) is 0 Å². The highest BCUT2D eigenvalue weighted by molar-refractivity contribution is 5.74. The zero-order chi connectivity index (χ0) is 8.43. The van der Waals surface area contributed by atoms with Crippen molar-refractivity contribution in [2.75, 3.05) is 0 Å². The van der Waals surface area contributed by atoms with Gasteiger partial charge in [-0.2, -0.15) is 0 Å². The molecule has 11 heavy (non-hydrogen) atoms. The van der Waals surface area contributed by atoms with Gasteiger partial charge in [0.2, 0.25) is 0 Å². The van der Waals surface area contributed by atoms with E-state index < -0.39 is 17.8 Å². The van der Waals surface area contributed by atoms with Crippen LogP contribution in [-0.4, -0.2) is 16.1 Å². The van der Waals surface area contributed by atoms with Crippen LogP contribution in [0.3, 0.4) is 0 Å². The number of hydrogen-bond donors (Lipinski definition) is 3. The minimum absolute atomic E-state index is 0.0810. The zero-order valence-corrected chi connectivity index (χ0v) is 5.40. The van der Waals surface area contributed by atoms with Gasteiger partial charge in [-0.3, -0.25) is 9.78 Å². The van der Waals surface area contributed by atoms with Crippen LogP contribution in [0.2, 0.25) is 0 Å². The standard InChI is InChI=1S/C5H6N2O4/c6-3(4(8)9)2-1-7-5(10)11-2/h1,3H,6H2,(H,7,10)(H,8,9)/t3-/m0/s1. The second-order valence-corrected chi connectivity index (χ2v) is 1.90. The summed E-state index contributed by atoms with van der Waals surface area (Å²) < 4.78 is 4.39. The van der Waals surface area contributed by atoms with Crippen LogP contribution in [-0.2, 0) is 4.79 Å². The number of nitrogens with one attached hydrogen (secondary N) is 1. The minimum Gasteiger partial charge on any atom is -0.480 e. The molecule has 0 saturated heterocycles. The summed E-state index contributed by atoms with van der Waals surface area (Å²) in [6.45, 7) is 0. The molecule has 0 unspecified atom stereocenters. The summed E-state index contributed by atoms with van der Waals surface area (Å²) in [5, 5.41) is 8.34. The predicted molar refractivity (Wildman–Crippen MR) is 33.9 cm³/mol. The molecule has 1 aromatic rings.